The van der Waals surface area contributed by atoms with Crippen LogP contribution in [0.15, 0.2) is 30.3 Å². The predicted molar refractivity (Wildman–Crippen MR) is 83.3 cm³/mol. The zero-order valence-corrected chi connectivity index (χ0v) is 13.2. The van der Waals surface area contributed by atoms with E-state index in [2.05, 4.69) is 0 Å². The Morgan fingerprint density at radius 2 is 1.58 bits per heavy atom. The summed E-state index contributed by atoms with van der Waals surface area (Å²) in [6.07, 6.45) is -4.89. The second-order valence-corrected chi connectivity index (χ2v) is 5.76. The van der Waals surface area contributed by atoms with E-state index in [0.29, 0.717) is 11.1 Å². The van der Waals surface area contributed by atoms with Crippen molar-refractivity contribution in [1.82, 2.24) is 0 Å². The number of carbonyl (C=O) groups is 1. The Hall–Kier alpha value is -2.50. The molecule has 0 aliphatic rings. The highest BCUT2D eigenvalue weighted by atomic mass is 19.4. The van der Waals surface area contributed by atoms with Crippen LogP contribution in [0, 0.1) is 13.8 Å². The average molecular weight is 338 g/mol. The first-order valence-corrected chi connectivity index (χ1v) is 7.32. The molecule has 0 heterocycles. The van der Waals surface area contributed by atoms with E-state index in [0.717, 1.165) is 6.07 Å². The molecule has 0 saturated heterocycles. The Morgan fingerprint density at radius 3 is 2.12 bits per heavy atom. The molecule has 3 nitrogen and oxygen atoms in total. The van der Waals surface area contributed by atoms with Gasteiger partial charge >= 0.3 is 6.18 Å². The molecular formula is C18H17F3O3. The molecule has 0 bridgehead atoms. The molecule has 0 aliphatic heterocycles. The van der Waals surface area contributed by atoms with Crippen LogP contribution in [0.3, 0.4) is 0 Å². The van der Waals surface area contributed by atoms with Crippen molar-refractivity contribution < 1.29 is 28.2 Å². The van der Waals surface area contributed by atoms with Crippen LogP contribution in [0.5, 0.6) is 11.5 Å². The summed E-state index contributed by atoms with van der Waals surface area (Å²) in [5.74, 6) is -1.37. The first-order chi connectivity index (χ1) is 11.1. The number of Topliss-reactive ketones (excluding diaryl/α,β-unsaturated/α-hetero) is 1. The fourth-order valence-electron chi connectivity index (χ4n) is 2.58. The molecule has 0 radical (unpaired) electrons. The fourth-order valence-corrected chi connectivity index (χ4v) is 2.58. The number of hydrogen-bond acceptors (Lipinski definition) is 3. The molecule has 0 spiro atoms. The summed E-state index contributed by atoms with van der Waals surface area (Å²) in [4.78, 5) is 12.2. The number of aromatic hydroxyl groups is 2. The summed E-state index contributed by atoms with van der Waals surface area (Å²) < 4.78 is 39.3. The largest absolute Gasteiger partial charge is 0.507 e. The monoisotopic (exact) mass is 338 g/mol. The maximum atomic E-state index is 13.1. The van der Waals surface area contributed by atoms with Gasteiger partial charge in [0.25, 0.3) is 0 Å². The van der Waals surface area contributed by atoms with E-state index in [4.69, 9.17) is 0 Å². The van der Waals surface area contributed by atoms with Gasteiger partial charge in [-0.15, -0.1) is 0 Å². The molecule has 0 fully saturated rings. The minimum Gasteiger partial charge on any atom is -0.507 e. The SMILES string of the molecule is Cc1cc(O)c(C(=O)CCc2ccc(C)cc2C(F)(F)F)c(O)c1. The van der Waals surface area contributed by atoms with Crippen LogP contribution in [-0.4, -0.2) is 16.0 Å². The molecule has 2 aromatic rings. The molecule has 0 aromatic heterocycles. The van der Waals surface area contributed by atoms with Crippen molar-refractivity contribution >= 4 is 5.78 Å². The van der Waals surface area contributed by atoms with Crippen molar-refractivity contribution in [3.8, 4) is 11.5 Å². The lowest BCUT2D eigenvalue weighted by atomic mass is 9.96. The molecular weight excluding hydrogens is 321 g/mol. The maximum Gasteiger partial charge on any atom is 0.416 e. The van der Waals surface area contributed by atoms with Crippen LogP contribution in [0.2, 0.25) is 0 Å². The number of benzene rings is 2. The Morgan fingerprint density at radius 1 is 1.00 bits per heavy atom. The lowest BCUT2D eigenvalue weighted by Gasteiger charge is -2.14. The quantitative estimate of drug-likeness (QED) is 0.804. The van der Waals surface area contributed by atoms with Gasteiger partial charge in [-0.3, -0.25) is 4.79 Å². The van der Waals surface area contributed by atoms with Crippen LogP contribution >= 0.6 is 0 Å². The number of hydrogen-bond donors (Lipinski definition) is 2. The van der Waals surface area contributed by atoms with Crippen molar-refractivity contribution in [1.29, 1.82) is 0 Å². The van der Waals surface area contributed by atoms with E-state index in [1.807, 2.05) is 0 Å². The number of phenolic OH excluding ortho intramolecular Hbond substituents is 2. The van der Waals surface area contributed by atoms with Crippen molar-refractivity contribution in [3.63, 3.8) is 0 Å². The molecule has 24 heavy (non-hydrogen) atoms. The van der Waals surface area contributed by atoms with Crippen LogP contribution in [0.1, 0.15) is 39.0 Å². The Bertz CT molecular complexity index is 757. The number of aryl methyl sites for hydroxylation is 3. The molecule has 2 rings (SSSR count). The van der Waals surface area contributed by atoms with E-state index in [1.54, 1.807) is 19.9 Å². The van der Waals surface area contributed by atoms with E-state index < -0.39 is 17.5 Å². The maximum absolute atomic E-state index is 13.1. The first-order valence-electron chi connectivity index (χ1n) is 7.32. The third-order valence-corrected chi connectivity index (χ3v) is 3.71. The summed E-state index contributed by atoms with van der Waals surface area (Å²) in [5, 5.41) is 19.6. The molecule has 0 aliphatic carbocycles. The van der Waals surface area contributed by atoms with Crippen molar-refractivity contribution in [3.05, 3.63) is 58.1 Å². The summed E-state index contributed by atoms with van der Waals surface area (Å²) in [6.45, 7) is 3.20. The predicted octanol–water partition coefficient (Wildman–Crippen LogP) is 4.55. The van der Waals surface area contributed by atoms with Crippen LogP contribution in [0.4, 0.5) is 13.2 Å². The Labute approximate surface area is 137 Å². The normalized spacial score (nSPS) is 11.5. The average Bonchev–Trinajstić information content (AvgIpc) is 2.43. The van der Waals surface area contributed by atoms with Crippen molar-refractivity contribution in [2.75, 3.05) is 0 Å². The van der Waals surface area contributed by atoms with Gasteiger partial charge in [-0.1, -0.05) is 17.7 Å². The molecule has 0 atom stereocenters. The smallest absolute Gasteiger partial charge is 0.416 e. The van der Waals surface area contributed by atoms with Crippen LogP contribution < -0.4 is 0 Å². The van der Waals surface area contributed by atoms with Gasteiger partial charge in [0.2, 0.25) is 0 Å². The number of phenols is 2. The molecule has 0 saturated carbocycles. The Balaban J connectivity index is 2.25. The van der Waals surface area contributed by atoms with Gasteiger partial charge in [-0.05, 0) is 49.6 Å². The highest BCUT2D eigenvalue weighted by molar-refractivity contribution is 6.01. The van der Waals surface area contributed by atoms with E-state index >= 15 is 0 Å². The Kier molecular flexibility index (Phi) is 4.87. The standard InChI is InChI=1S/C18H17F3O3/c1-10-3-4-12(13(7-10)18(19,20)21)5-6-14(22)17-15(23)8-11(2)9-16(17)24/h3-4,7-9,23-24H,5-6H2,1-2H3. The summed E-state index contributed by atoms with van der Waals surface area (Å²) >= 11 is 0. The number of rotatable bonds is 4. The highest BCUT2D eigenvalue weighted by Gasteiger charge is 2.33. The molecule has 0 unspecified atom stereocenters. The fraction of sp³-hybridized carbons (Fsp3) is 0.278. The molecule has 0 amide bonds. The minimum absolute atomic E-state index is 0.00698. The molecule has 2 N–H and O–H groups in total. The van der Waals surface area contributed by atoms with Gasteiger partial charge in [0, 0.05) is 6.42 Å². The third kappa shape index (κ3) is 3.88. The van der Waals surface area contributed by atoms with Crippen LogP contribution in [0.25, 0.3) is 0 Å². The lowest BCUT2D eigenvalue weighted by Crippen LogP contribution is -2.11. The minimum atomic E-state index is -4.50. The van der Waals surface area contributed by atoms with Crippen LogP contribution in [-0.2, 0) is 12.6 Å². The van der Waals surface area contributed by atoms with Gasteiger partial charge < -0.3 is 10.2 Å². The third-order valence-electron chi connectivity index (χ3n) is 3.71. The van der Waals surface area contributed by atoms with Crippen molar-refractivity contribution in [2.45, 2.75) is 32.9 Å². The second-order valence-electron chi connectivity index (χ2n) is 5.76. The number of ketones is 1. The lowest BCUT2D eigenvalue weighted by molar-refractivity contribution is -0.138. The van der Waals surface area contributed by atoms with E-state index in [1.165, 1.54) is 18.2 Å². The molecule has 128 valence electrons. The zero-order valence-electron chi connectivity index (χ0n) is 13.2. The highest BCUT2D eigenvalue weighted by Crippen LogP contribution is 2.34. The van der Waals surface area contributed by atoms with Gasteiger partial charge in [0.05, 0.1) is 5.56 Å². The van der Waals surface area contributed by atoms with Gasteiger partial charge in [0.15, 0.2) is 5.78 Å². The summed E-state index contributed by atoms with van der Waals surface area (Å²) in [7, 11) is 0. The number of carbonyl (C=O) groups excluding carboxylic acids is 1. The van der Waals surface area contributed by atoms with Gasteiger partial charge in [0.1, 0.15) is 17.1 Å². The second kappa shape index (κ2) is 6.55. The number of alkyl halides is 3. The molecule has 2 aromatic carbocycles. The molecule has 6 heteroatoms. The van der Waals surface area contributed by atoms with Gasteiger partial charge in [-0.2, -0.15) is 13.2 Å². The summed E-state index contributed by atoms with van der Waals surface area (Å²) in [5.41, 5.74) is 0.0205. The zero-order chi connectivity index (χ0) is 18.1. The topological polar surface area (TPSA) is 57.5 Å². The number of halogens is 3. The van der Waals surface area contributed by atoms with Gasteiger partial charge in [-0.25, -0.2) is 0 Å². The summed E-state index contributed by atoms with van der Waals surface area (Å²) in [6, 6.07) is 6.58. The van der Waals surface area contributed by atoms with E-state index in [-0.39, 0.29) is 35.5 Å². The first kappa shape index (κ1) is 17.8. The van der Waals surface area contributed by atoms with E-state index in [9.17, 15) is 28.2 Å². The van der Waals surface area contributed by atoms with Crippen molar-refractivity contribution in [2.24, 2.45) is 0 Å².